The molecule has 1 unspecified atom stereocenters. The third-order valence-electron chi connectivity index (χ3n) is 6.83. The highest BCUT2D eigenvalue weighted by atomic mass is 35.5. The molecule has 0 spiro atoms. The van der Waals surface area contributed by atoms with Crippen LogP contribution in [0, 0.1) is 0 Å². The molecule has 2 heterocycles. The molecular weight excluding hydrogens is 611 g/mol. The summed E-state index contributed by atoms with van der Waals surface area (Å²) in [6, 6.07) is 17.2. The van der Waals surface area contributed by atoms with Crippen LogP contribution >= 0.6 is 34.5 Å². The Hall–Kier alpha value is -4.05. The summed E-state index contributed by atoms with van der Waals surface area (Å²) >= 11 is 13.5. The lowest BCUT2D eigenvalue weighted by atomic mass is 9.95. The maximum absolute atomic E-state index is 13.9. The smallest absolute Gasteiger partial charge is 0.338 e. The number of aromatic nitrogens is 1. The van der Waals surface area contributed by atoms with Gasteiger partial charge in [-0.2, -0.15) is 0 Å². The van der Waals surface area contributed by atoms with E-state index in [-0.39, 0.29) is 24.3 Å². The van der Waals surface area contributed by atoms with Gasteiger partial charge in [0.1, 0.15) is 12.4 Å². The normalized spacial score (nSPS) is 14.7. The molecule has 5 rings (SSSR count). The van der Waals surface area contributed by atoms with Gasteiger partial charge in [0.15, 0.2) is 16.3 Å². The van der Waals surface area contributed by atoms with E-state index in [0.29, 0.717) is 47.9 Å². The number of carbonyl (C=O) groups excluding carboxylic acids is 1. The minimum absolute atomic E-state index is 0.186. The van der Waals surface area contributed by atoms with Crippen molar-refractivity contribution in [2.75, 3.05) is 20.8 Å². The van der Waals surface area contributed by atoms with Crippen molar-refractivity contribution < 1.29 is 23.7 Å². The summed E-state index contributed by atoms with van der Waals surface area (Å²) in [7, 11) is 3.08. The van der Waals surface area contributed by atoms with Crippen LogP contribution in [-0.2, 0) is 16.1 Å². The fourth-order valence-corrected chi connectivity index (χ4v) is 6.25. The van der Waals surface area contributed by atoms with Crippen molar-refractivity contribution in [3.63, 3.8) is 0 Å². The Balaban J connectivity index is 1.51. The van der Waals surface area contributed by atoms with Gasteiger partial charge < -0.3 is 18.9 Å². The van der Waals surface area contributed by atoms with Crippen LogP contribution in [0.25, 0.3) is 6.08 Å². The number of benzene rings is 3. The van der Waals surface area contributed by atoms with E-state index in [2.05, 4.69) is 4.99 Å². The average Bonchev–Trinajstić information content (AvgIpc) is 3.30. The maximum atomic E-state index is 13.9. The van der Waals surface area contributed by atoms with E-state index in [0.717, 1.165) is 11.1 Å². The number of hydrogen-bond donors (Lipinski definition) is 0. The van der Waals surface area contributed by atoms with Gasteiger partial charge in [-0.25, -0.2) is 9.79 Å². The summed E-state index contributed by atoms with van der Waals surface area (Å²) in [5.74, 6) is 1.11. The summed E-state index contributed by atoms with van der Waals surface area (Å²) < 4.78 is 24.2. The van der Waals surface area contributed by atoms with E-state index in [1.807, 2.05) is 30.3 Å². The molecule has 3 aromatic carbocycles. The first-order valence-electron chi connectivity index (χ1n) is 13.3. The number of thiazole rings is 1. The van der Waals surface area contributed by atoms with E-state index in [1.165, 1.54) is 23.0 Å². The molecule has 0 aliphatic carbocycles. The number of halogens is 2. The molecule has 8 nitrogen and oxygen atoms in total. The topological polar surface area (TPSA) is 88.4 Å². The van der Waals surface area contributed by atoms with E-state index < -0.39 is 12.0 Å². The minimum Gasteiger partial charge on any atom is -0.493 e. The number of nitrogens with zero attached hydrogens (tertiary/aromatic N) is 2. The molecule has 0 amide bonds. The van der Waals surface area contributed by atoms with E-state index in [9.17, 15) is 9.59 Å². The van der Waals surface area contributed by atoms with Crippen LogP contribution in [-0.4, -0.2) is 31.4 Å². The Kier molecular flexibility index (Phi) is 9.25. The van der Waals surface area contributed by atoms with Crippen LogP contribution in [0.3, 0.4) is 0 Å². The first-order valence-corrected chi connectivity index (χ1v) is 14.9. The molecule has 0 bridgehead atoms. The van der Waals surface area contributed by atoms with Gasteiger partial charge in [0, 0.05) is 15.6 Å². The summed E-state index contributed by atoms with van der Waals surface area (Å²) in [5, 5.41) is 1.10. The number of methoxy groups -OCH3 is 2. The van der Waals surface area contributed by atoms with Gasteiger partial charge in [0.05, 0.1) is 42.7 Å². The van der Waals surface area contributed by atoms with Crippen LogP contribution in [0.4, 0.5) is 0 Å². The van der Waals surface area contributed by atoms with Gasteiger partial charge in [0.2, 0.25) is 0 Å². The lowest BCUT2D eigenvalue weighted by Crippen LogP contribution is -2.39. The third-order valence-corrected chi connectivity index (χ3v) is 8.40. The van der Waals surface area contributed by atoms with Crippen molar-refractivity contribution in [1.82, 2.24) is 4.57 Å². The fraction of sp³-hybridized carbons (Fsp3) is 0.219. The Morgan fingerprint density at radius 1 is 1.02 bits per heavy atom. The third kappa shape index (κ3) is 6.34. The Bertz CT molecular complexity index is 1900. The molecule has 43 heavy (non-hydrogen) atoms. The highest BCUT2D eigenvalue weighted by molar-refractivity contribution is 7.07. The number of hydrogen-bond acceptors (Lipinski definition) is 8. The fourth-order valence-electron chi connectivity index (χ4n) is 4.74. The molecule has 0 N–H and O–H groups in total. The molecule has 0 saturated carbocycles. The van der Waals surface area contributed by atoms with Gasteiger partial charge in [-0.1, -0.05) is 58.8 Å². The number of esters is 1. The van der Waals surface area contributed by atoms with Crippen molar-refractivity contribution in [2.45, 2.75) is 26.5 Å². The van der Waals surface area contributed by atoms with Crippen molar-refractivity contribution in [2.24, 2.45) is 4.99 Å². The summed E-state index contributed by atoms with van der Waals surface area (Å²) in [6.45, 7) is 3.95. The van der Waals surface area contributed by atoms with Crippen molar-refractivity contribution in [3.8, 4) is 17.2 Å². The predicted molar refractivity (Wildman–Crippen MR) is 167 cm³/mol. The molecule has 0 radical (unpaired) electrons. The van der Waals surface area contributed by atoms with Gasteiger partial charge >= 0.3 is 5.97 Å². The predicted octanol–water partition coefficient (Wildman–Crippen LogP) is 5.70. The standard InChI is InChI=1S/C32H28Cl2N2O6S/c1-5-41-31(38)28-18(2)35-32-36(29(28)20-9-13-25(39-3)26(15-20)40-4)30(37)27(43-32)14-19-6-11-23(12-7-19)42-17-21-8-10-22(33)16-24(21)34/h6-16,29H,5,17H2,1-4H3/b27-14+. The lowest BCUT2D eigenvalue weighted by Gasteiger charge is -2.25. The molecule has 11 heteroatoms. The number of fused-ring (bicyclic) bond motifs is 1. The summed E-state index contributed by atoms with van der Waals surface area (Å²) in [6.07, 6.45) is 1.79. The second-order valence-electron chi connectivity index (χ2n) is 9.51. The highest BCUT2D eigenvalue weighted by Crippen LogP contribution is 2.36. The number of ether oxygens (including phenoxy) is 4. The number of rotatable bonds is 9. The van der Waals surface area contributed by atoms with Crippen LogP contribution in [0.2, 0.25) is 10.0 Å². The SMILES string of the molecule is CCOC(=O)C1=C(C)N=c2s/c(=C/c3ccc(OCc4ccc(Cl)cc4Cl)cc3)c(=O)n2C1c1ccc(OC)c(OC)c1. The van der Waals surface area contributed by atoms with Crippen LogP contribution in [0.15, 0.2) is 81.7 Å². The Labute approximate surface area is 262 Å². The largest absolute Gasteiger partial charge is 0.493 e. The van der Waals surface area contributed by atoms with Gasteiger partial charge in [-0.3, -0.25) is 9.36 Å². The quantitative estimate of drug-likeness (QED) is 0.219. The van der Waals surface area contributed by atoms with Crippen molar-refractivity contribution in [1.29, 1.82) is 0 Å². The molecule has 0 fully saturated rings. The second kappa shape index (κ2) is 13.1. The van der Waals surface area contributed by atoms with Gasteiger partial charge in [0.25, 0.3) is 5.56 Å². The van der Waals surface area contributed by atoms with Crippen molar-refractivity contribution in [3.05, 3.63) is 118 Å². The number of allylic oxidation sites excluding steroid dienone is 1. The molecule has 4 aromatic rings. The van der Waals surface area contributed by atoms with E-state index in [1.54, 1.807) is 57.4 Å². The van der Waals surface area contributed by atoms with Crippen LogP contribution in [0.1, 0.15) is 36.6 Å². The lowest BCUT2D eigenvalue weighted by molar-refractivity contribution is -0.139. The van der Waals surface area contributed by atoms with E-state index in [4.69, 9.17) is 42.1 Å². The zero-order valence-corrected chi connectivity index (χ0v) is 26.2. The van der Waals surface area contributed by atoms with Gasteiger partial charge in [-0.05, 0) is 67.4 Å². The number of carbonyl (C=O) groups is 1. The van der Waals surface area contributed by atoms with E-state index >= 15 is 0 Å². The van der Waals surface area contributed by atoms with Gasteiger partial charge in [-0.15, -0.1) is 0 Å². The Morgan fingerprint density at radius 2 is 1.77 bits per heavy atom. The van der Waals surface area contributed by atoms with Crippen LogP contribution in [0.5, 0.6) is 17.2 Å². The van der Waals surface area contributed by atoms with Crippen LogP contribution < -0.4 is 29.1 Å². The molecule has 222 valence electrons. The minimum atomic E-state index is -0.771. The molecular formula is C32H28Cl2N2O6S. The summed E-state index contributed by atoms with van der Waals surface area (Å²) in [5.41, 5.74) is 2.76. The zero-order chi connectivity index (χ0) is 30.7. The Morgan fingerprint density at radius 3 is 2.44 bits per heavy atom. The first-order chi connectivity index (χ1) is 20.7. The van der Waals surface area contributed by atoms with Crippen molar-refractivity contribution >= 4 is 46.6 Å². The molecule has 0 saturated heterocycles. The highest BCUT2D eigenvalue weighted by Gasteiger charge is 2.34. The zero-order valence-electron chi connectivity index (χ0n) is 23.9. The second-order valence-corrected chi connectivity index (χ2v) is 11.4. The summed E-state index contributed by atoms with van der Waals surface area (Å²) in [4.78, 5) is 32.2. The maximum Gasteiger partial charge on any atom is 0.338 e. The molecule has 1 aliphatic heterocycles. The molecule has 1 aromatic heterocycles. The average molecular weight is 640 g/mol. The molecule has 1 aliphatic rings. The monoisotopic (exact) mass is 638 g/mol. The molecule has 1 atom stereocenters. The first kappa shape index (κ1) is 30.4.